The Balaban J connectivity index is 2.33. The zero-order valence-corrected chi connectivity index (χ0v) is 9.86. The molecule has 7 heteroatoms. The Bertz CT molecular complexity index is 364. The van der Waals surface area contributed by atoms with Gasteiger partial charge in [-0.25, -0.2) is 8.42 Å². The van der Waals surface area contributed by atoms with Crippen LogP contribution in [0.1, 0.15) is 12.8 Å². The highest BCUT2D eigenvalue weighted by Gasteiger charge is 2.32. The normalized spacial score (nSPS) is 23.6. The van der Waals surface area contributed by atoms with Crippen LogP contribution in [0, 0.1) is 5.92 Å². The molecule has 0 saturated carbocycles. The van der Waals surface area contributed by atoms with Gasteiger partial charge in [0, 0.05) is 13.0 Å². The summed E-state index contributed by atoms with van der Waals surface area (Å²) in [5.41, 5.74) is 5.26. The van der Waals surface area contributed by atoms with E-state index < -0.39 is 15.8 Å². The summed E-state index contributed by atoms with van der Waals surface area (Å²) in [5, 5.41) is 2.62. The molecule has 1 fully saturated rings. The highest BCUT2D eigenvalue weighted by atomic mass is 32.2. The number of carbonyl (C=O) groups is 1. The molecule has 1 aliphatic heterocycles. The zero-order valence-electron chi connectivity index (χ0n) is 8.23. The van der Waals surface area contributed by atoms with E-state index in [0.717, 1.165) is 0 Å². The predicted molar refractivity (Wildman–Crippen MR) is 61.2 cm³/mol. The average Bonchev–Trinajstić information content (AvgIpc) is 2.45. The summed E-state index contributed by atoms with van der Waals surface area (Å²) < 4.78 is 22.2. The number of thiocarbonyl (C=S) groups is 1. The van der Waals surface area contributed by atoms with Crippen molar-refractivity contribution in [3.05, 3.63) is 0 Å². The molecule has 0 aliphatic carbocycles. The lowest BCUT2D eigenvalue weighted by Gasteiger charge is -2.08. The topological polar surface area (TPSA) is 89.3 Å². The van der Waals surface area contributed by atoms with E-state index >= 15 is 0 Å². The largest absolute Gasteiger partial charge is 0.393 e. The summed E-state index contributed by atoms with van der Waals surface area (Å²) in [6.45, 7) is 0.380. The third-order valence-corrected chi connectivity index (χ3v) is 4.25. The Morgan fingerprint density at radius 1 is 1.53 bits per heavy atom. The second-order valence-electron chi connectivity index (χ2n) is 3.61. The van der Waals surface area contributed by atoms with Crippen molar-refractivity contribution in [2.24, 2.45) is 11.7 Å². The van der Waals surface area contributed by atoms with Crippen LogP contribution in [-0.2, 0) is 14.6 Å². The summed E-state index contributed by atoms with van der Waals surface area (Å²) >= 11 is 4.65. The average molecular weight is 250 g/mol. The number of sulfone groups is 1. The molecule has 1 atom stereocenters. The van der Waals surface area contributed by atoms with E-state index in [2.05, 4.69) is 17.5 Å². The van der Waals surface area contributed by atoms with Crippen LogP contribution in [0.5, 0.6) is 0 Å². The van der Waals surface area contributed by atoms with Crippen molar-refractivity contribution < 1.29 is 13.2 Å². The van der Waals surface area contributed by atoms with E-state index in [4.69, 9.17) is 5.73 Å². The Kier molecular flexibility index (Phi) is 4.04. The van der Waals surface area contributed by atoms with Crippen LogP contribution in [-0.4, -0.2) is 37.4 Å². The first-order chi connectivity index (χ1) is 6.91. The number of rotatable bonds is 4. The highest BCUT2D eigenvalue weighted by Crippen LogP contribution is 2.18. The maximum Gasteiger partial charge on any atom is 0.224 e. The molecule has 1 amide bonds. The molecule has 1 unspecified atom stereocenters. The van der Waals surface area contributed by atoms with Crippen LogP contribution in [0.2, 0.25) is 0 Å². The molecule has 0 aromatic heterocycles. The lowest BCUT2D eigenvalue weighted by atomic mass is 10.1. The minimum Gasteiger partial charge on any atom is -0.393 e. The summed E-state index contributed by atoms with van der Waals surface area (Å²) in [6.07, 6.45) is 0.863. The van der Waals surface area contributed by atoms with Crippen LogP contribution in [0.3, 0.4) is 0 Å². The minimum atomic E-state index is -2.99. The van der Waals surface area contributed by atoms with Gasteiger partial charge in [-0.15, -0.1) is 0 Å². The van der Waals surface area contributed by atoms with Crippen molar-refractivity contribution >= 4 is 33.0 Å². The first kappa shape index (κ1) is 12.4. The van der Waals surface area contributed by atoms with E-state index in [0.29, 0.717) is 24.4 Å². The molecular formula is C8H14N2O3S2. The third-order valence-electron chi connectivity index (χ3n) is 2.27. The van der Waals surface area contributed by atoms with E-state index in [-0.39, 0.29) is 17.4 Å². The highest BCUT2D eigenvalue weighted by molar-refractivity contribution is 7.91. The van der Waals surface area contributed by atoms with Gasteiger partial charge in [0.2, 0.25) is 5.91 Å². The zero-order chi connectivity index (χ0) is 11.5. The standard InChI is InChI=1S/C8H14N2O3S2/c9-7(14)1-3-10-8(11)6-2-4-15(12,13)5-6/h6H,1-5H2,(H2,9,14)(H,10,11). The monoisotopic (exact) mass is 250 g/mol. The fourth-order valence-corrected chi connectivity index (χ4v) is 3.30. The quantitative estimate of drug-likeness (QED) is 0.639. The first-order valence-corrected chi connectivity index (χ1v) is 6.90. The van der Waals surface area contributed by atoms with Gasteiger partial charge in [-0.3, -0.25) is 4.79 Å². The van der Waals surface area contributed by atoms with Crippen LogP contribution >= 0.6 is 12.2 Å². The molecule has 1 rings (SSSR count). The lowest BCUT2D eigenvalue weighted by molar-refractivity contribution is -0.124. The van der Waals surface area contributed by atoms with E-state index in [1.54, 1.807) is 0 Å². The molecule has 0 bridgehead atoms. The Hall–Kier alpha value is -0.690. The fraction of sp³-hybridized carbons (Fsp3) is 0.750. The van der Waals surface area contributed by atoms with Crippen LogP contribution in [0.25, 0.3) is 0 Å². The van der Waals surface area contributed by atoms with Gasteiger partial charge in [0.25, 0.3) is 0 Å². The van der Waals surface area contributed by atoms with Gasteiger partial charge in [-0.05, 0) is 6.42 Å². The molecule has 1 aliphatic rings. The van der Waals surface area contributed by atoms with Crippen molar-refractivity contribution in [3.63, 3.8) is 0 Å². The SMILES string of the molecule is NC(=S)CCNC(=O)C1CCS(=O)(=O)C1. The molecule has 0 radical (unpaired) electrons. The molecule has 1 saturated heterocycles. The van der Waals surface area contributed by atoms with Crippen molar-refractivity contribution in [2.45, 2.75) is 12.8 Å². The third kappa shape index (κ3) is 4.13. The lowest BCUT2D eigenvalue weighted by Crippen LogP contribution is -2.33. The van der Waals surface area contributed by atoms with E-state index in [1.807, 2.05) is 0 Å². The van der Waals surface area contributed by atoms with Gasteiger partial charge < -0.3 is 11.1 Å². The number of hydrogen-bond acceptors (Lipinski definition) is 4. The molecule has 0 aromatic carbocycles. The summed E-state index contributed by atoms with van der Waals surface area (Å²) in [7, 11) is -2.99. The molecule has 0 aromatic rings. The fourth-order valence-electron chi connectivity index (χ4n) is 1.46. The second kappa shape index (κ2) is 4.89. The molecule has 86 valence electrons. The number of amides is 1. The molecule has 5 nitrogen and oxygen atoms in total. The maximum atomic E-state index is 11.5. The van der Waals surface area contributed by atoms with Gasteiger partial charge in [0.15, 0.2) is 9.84 Å². The van der Waals surface area contributed by atoms with Gasteiger partial charge in [-0.1, -0.05) is 12.2 Å². The summed E-state index contributed by atoms with van der Waals surface area (Å²) in [4.78, 5) is 11.8. The number of carbonyl (C=O) groups excluding carboxylic acids is 1. The number of hydrogen-bond donors (Lipinski definition) is 2. The smallest absolute Gasteiger partial charge is 0.224 e. The Morgan fingerprint density at radius 3 is 2.67 bits per heavy atom. The predicted octanol–water partition coefficient (Wildman–Crippen LogP) is -0.786. The van der Waals surface area contributed by atoms with Crippen molar-refractivity contribution in [1.29, 1.82) is 0 Å². The molecule has 15 heavy (non-hydrogen) atoms. The molecular weight excluding hydrogens is 236 g/mol. The molecule has 3 N–H and O–H groups in total. The second-order valence-corrected chi connectivity index (χ2v) is 6.36. The number of nitrogens with two attached hydrogens (primary N) is 1. The van der Waals surface area contributed by atoms with Gasteiger partial charge in [-0.2, -0.15) is 0 Å². The van der Waals surface area contributed by atoms with E-state index in [9.17, 15) is 13.2 Å². The number of nitrogens with one attached hydrogen (secondary N) is 1. The van der Waals surface area contributed by atoms with Crippen molar-refractivity contribution in [3.8, 4) is 0 Å². The van der Waals surface area contributed by atoms with E-state index in [1.165, 1.54) is 0 Å². The summed E-state index contributed by atoms with van der Waals surface area (Å²) in [5.74, 6) is -0.541. The van der Waals surface area contributed by atoms with Crippen molar-refractivity contribution in [1.82, 2.24) is 5.32 Å². The van der Waals surface area contributed by atoms with Crippen LogP contribution in [0.4, 0.5) is 0 Å². The molecule has 1 heterocycles. The first-order valence-electron chi connectivity index (χ1n) is 4.67. The van der Waals surface area contributed by atoms with Gasteiger partial charge in [0.1, 0.15) is 0 Å². The Labute approximate surface area is 94.3 Å². The summed E-state index contributed by atoms with van der Waals surface area (Å²) in [6, 6.07) is 0. The Morgan fingerprint density at radius 2 is 2.20 bits per heavy atom. The maximum absolute atomic E-state index is 11.5. The van der Waals surface area contributed by atoms with Gasteiger partial charge in [0.05, 0.1) is 22.4 Å². The van der Waals surface area contributed by atoms with Gasteiger partial charge >= 0.3 is 0 Å². The minimum absolute atomic E-state index is 0.0358. The van der Waals surface area contributed by atoms with Crippen LogP contribution in [0.15, 0.2) is 0 Å². The molecule has 0 spiro atoms. The van der Waals surface area contributed by atoms with Crippen LogP contribution < -0.4 is 11.1 Å². The van der Waals surface area contributed by atoms with Crippen molar-refractivity contribution in [2.75, 3.05) is 18.1 Å².